The lowest BCUT2D eigenvalue weighted by molar-refractivity contribution is -0.00716. The molecule has 3 heterocycles. The highest BCUT2D eigenvalue weighted by Gasteiger charge is 2.40. The van der Waals surface area contributed by atoms with Gasteiger partial charge >= 0.3 is 5.69 Å². The third kappa shape index (κ3) is 3.39. The molecule has 1 aliphatic rings. The molecule has 0 fully saturated rings. The fraction of sp³-hybridized carbons (Fsp3) is 0.357. The fourth-order valence-electron chi connectivity index (χ4n) is 5.25. The second kappa shape index (κ2) is 8.41. The van der Waals surface area contributed by atoms with E-state index in [0.717, 1.165) is 28.1 Å². The zero-order chi connectivity index (χ0) is 25.9. The molecule has 2 aromatic carbocycles. The van der Waals surface area contributed by atoms with Crippen LogP contribution in [0.25, 0.3) is 22.2 Å². The standard InChI is InChI=1S/C28H31N3O5/c1-16-8-10-17(11-9-16)22-21-23(29(4)27(33)30(5)26(21)32)24-25(36-15-28(2,3)31(22)24)18-12-13-19(34-6)20(14-18)35-7/h8-14,25H,15H2,1-7H3. The van der Waals surface area contributed by atoms with Crippen LogP contribution in [0.15, 0.2) is 52.1 Å². The van der Waals surface area contributed by atoms with E-state index in [1.807, 2.05) is 49.4 Å². The maximum Gasteiger partial charge on any atom is 0.331 e. The Morgan fingerprint density at radius 1 is 0.944 bits per heavy atom. The summed E-state index contributed by atoms with van der Waals surface area (Å²) in [5.74, 6) is 1.19. The van der Waals surface area contributed by atoms with Crippen LogP contribution >= 0.6 is 0 Å². The molecule has 1 unspecified atom stereocenters. The Kier molecular flexibility index (Phi) is 5.59. The summed E-state index contributed by atoms with van der Waals surface area (Å²) in [4.78, 5) is 26.8. The maximum atomic E-state index is 13.7. The smallest absolute Gasteiger partial charge is 0.331 e. The molecule has 36 heavy (non-hydrogen) atoms. The molecule has 8 nitrogen and oxygen atoms in total. The van der Waals surface area contributed by atoms with Crippen LogP contribution in [0, 0.1) is 6.92 Å². The third-order valence-corrected chi connectivity index (χ3v) is 7.10. The van der Waals surface area contributed by atoms with E-state index in [9.17, 15) is 9.59 Å². The Balaban J connectivity index is 1.95. The average Bonchev–Trinajstić information content (AvgIpc) is 3.24. The number of nitrogens with zero attached hydrogens (tertiary/aromatic N) is 3. The Labute approximate surface area is 209 Å². The van der Waals surface area contributed by atoms with Crippen molar-refractivity contribution in [3.8, 4) is 22.8 Å². The minimum absolute atomic E-state index is 0.326. The number of ether oxygens (including phenoxy) is 3. The van der Waals surface area contributed by atoms with Crippen LogP contribution < -0.4 is 20.7 Å². The molecule has 1 aliphatic heterocycles. The monoisotopic (exact) mass is 489 g/mol. The van der Waals surface area contributed by atoms with Gasteiger partial charge in [-0.1, -0.05) is 35.9 Å². The molecule has 188 valence electrons. The highest BCUT2D eigenvalue weighted by atomic mass is 16.5. The first-order chi connectivity index (χ1) is 17.1. The summed E-state index contributed by atoms with van der Waals surface area (Å²) in [5, 5.41) is 0.502. The lowest BCUT2D eigenvalue weighted by Gasteiger charge is -2.39. The van der Waals surface area contributed by atoms with E-state index in [-0.39, 0.29) is 11.2 Å². The number of aryl methyl sites for hydroxylation is 2. The summed E-state index contributed by atoms with van der Waals surface area (Å²) >= 11 is 0. The molecule has 8 heteroatoms. The van der Waals surface area contributed by atoms with E-state index in [1.165, 1.54) is 11.6 Å². The van der Waals surface area contributed by atoms with Gasteiger partial charge in [-0.2, -0.15) is 0 Å². The van der Waals surface area contributed by atoms with Gasteiger partial charge in [0.1, 0.15) is 6.10 Å². The molecule has 0 N–H and O–H groups in total. The molecule has 0 bridgehead atoms. The molecule has 0 saturated carbocycles. The van der Waals surface area contributed by atoms with Gasteiger partial charge in [0.25, 0.3) is 5.56 Å². The zero-order valence-electron chi connectivity index (χ0n) is 21.7. The molecule has 2 aromatic heterocycles. The van der Waals surface area contributed by atoms with Gasteiger partial charge < -0.3 is 18.8 Å². The molecule has 0 amide bonds. The Bertz CT molecular complexity index is 1610. The van der Waals surface area contributed by atoms with Gasteiger partial charge in [0.2, 0.25) is 0 Å². The largest absolute Gasteiger partial charge is 0.493 e. The van der Waals surface area contributed by atoms with E-state index >= 15 is 0 Å². The highest BCUT2D eigenvalue weighted by molar-refractivity contribution is 5.96. The minimum Gasteiger partial charge on any atom is -0.493 e. The first-order valence-corrected chi connectivity index (χ1v) is 11.9. The Morgan fingerprint density at radius 2 is 1.61 bits per heavy atom. The van der Waals surface area contributed by atoms with Crippen molar-refractivity contribution in [2.45, 2.75) is 32.4 Å². The predicted molar refractivity (Wildman–Crippen MR) is 139 cm³/mol. The van der Waals surface area contributed by atoms with Gasteiger partial charge in [-0.25, -0.2) is 4.79 Å². The summed E-state index contributed by atoms with van der Waals surface area (Å²) < 4.78 is 22.4. The van der Waals surface area contributed by atoms with Crippen molar-refractivity contribution in [2.24, 2.45) is 14.1 Å². The molecule has 0 saturated heterocycles. The third-order valence-electron chi connectivity index (χ3n) is 7.10. The summed E-state index contributed by atoms with van der Waals surface area (Å²) in [6.45, 7) is 6.61. The number of benzene rings is 2. The summed E-state index contributed by atoms with van der Waals surface area (Å²) in [6, 6.07) is 13.8. The number of hydrogen-bond acceptors (Lipinski definition) is 5. The normalized spacial score (nSPS) is 16.7. The van der Waals surface area contributed by atoms with Gasteiger partial charge in [0.05, 0.1) is 48.7 Å². The first kappa shape index (κ1) is 23.9. The van der Waals surface area contributed by atoms with Crippen LogP contribution in [0.3, 0.4) is 0 Å². The summed E-state index contributed by atoms with van der Waals surface area (Å²) in [5.41, 5.74) is 3.81. The second-order valence-electron chi connectivity index (χ2n) is 9.98. The minimum atomic E-state index is -0.530. The van der Waals surface area contributed by atoms with Crippen molar-refractivity contribution in [2.75, 3.05) is 20.8 Å². The van der Waals surface area contributed by atoms with Crippen LogP contribution in [-0.4, -0.2) is 34.5 Å². The number of methoxy groups -OCH3 is 2. The van der Waals surface area contributed by atoms with Gasteiger partial charge in [0, 0.05) is 14.1 Å². The van der Waals surface area contributed by atoms with Gasteiger partial charge in [0.15, 0.2) is 11.5 Å². The van der Waals surface area contributed by atoms with E-state index in [0.29, 0.717) is 29.0 Å². The van der Waals surface area contributed by atoms with Crippen molar-refractivity contribution >= 4 is 10.9 Å². The number of aromatic nitrogens is 3. The molecule has 0 spiro atoms. The quantitative estimate of drug-likeness (QED) is 0.435. The zero-order valence-corrected chi connectivity index (χ0v) is 21.7. The van der Waals surface area contributed by atoms with Gasteiger partial charge in [-0.15, -0.1) is 0 Å². The lowest BCUT2D eigenvalue weighted by atomic mass is 9.97. The van der Waals surface area contributed by atoms with E-state index in [1.54, 1.807) is 25.8 Å². The fourth-order valence-corrected chi connectivity index (χ4v) is 5.25. The predicted octanol–water partition coefficient (Wildman–Crippen LogP) is 3.89. The maximum absolute atomic E-state index is 13.7. The van der Waals surface area contributed by atoms with Crippen LogP contribution in [0.1, 0.15) is 36.8 Å². The SMILES string of the molecule is COc1ccc(C2OCC(C)(C)n3c(-c4ccc(C)cc4)c4c(=O)n(C)c(=O)n(C)c4c32)cc1OC. The molecule has 0 aliphatic carbocycles. The molecular formula is C28H31N3O5. The summed E-state index contributed by atoms with van der Waals surface area (Å²) in [6.07, 6.45) is -0.530. The number of fused-ring (bicyclic) bond motifs is 3. The summed E-state index contributed by atoms with van der Waals surface area (Å²) in [7, 11) is 6.41. The van der Waals surface area contributed by atoms with Crippen molar-refractivity contribution in [1.29, 1.82) is 0 Å². The Hall–Kier alpha value is -3.78. The van der Waals surface area contributed by atoms with Gasteiger partial charge in [-0.05, 0) is 44.0 Å². The van der Waals surface area contributed by atoms with Gasteiger partial charge in [-0.3, -0.25) is 13.9 Å². The number of rotatable bonds is 4. The molecule has 0 radical (unpaired) electrons. The topological polar surface area (TPSA) is 76.6 Å². The first-order valence-electron chi connectivity index (χ1n) is 11.9. The van der Waals surface area contributed by atoms with E-state index in [4.69, 9.17) is 14.2 Å². The Morgan fingerprint density at radius 3 is 2.25 bits per heavy atom. The van der Waals surface area contributed by atoms with E-state index < -0.39 is 11.6 Å². The van der Waals surface area contributed by atoms with E-state index in [2.05, 4.69) is 18.4 Å². The molecule has 5 rings (SSSR count). The second-order valence-corrected chi connectivity index (χ2v) is 9.98. The van der Waals surface area contributed by atoms with Crippen molar-refractivity contribution in [3.05, 3.63) is 80.1 Å². The number of hydrogen-bond donors (Lipinski definition) is 0. The van der Waals surface area contributed by atoms with Crippen molar-refractivity contribution < 1.29 is 14.2 Å². The average molecular weight is 490 g/mol. The highest BCUT2D eigenvalue weighted by Crippen LogP contribution is 2.46. The van der Waals surface area contributed by atoms with Crippen molar-refractivity contribution in [1.82, 2.24) is 13.7 Å². The molecule has 1 atom stereocenters. The van der Waals surface area contributed by atoms with Crippen molar-refractivity contribution in [3.63, 3.8) is 0 Å². The van der Waals surface area contributed by atoms with Crippen LogP contribution in [0.4, 0.5) is 0 Å². The lowest BCUT2D eigenvalue weighted by Crippen LogP contribution is -2.40. The van der Waals surface area contributed by atoms with Crippen LogP contribution in [0.5, 0.6) is 11.5 Å². The van der Waals surface area contributed by atoms with Crippen LogP contribution in [-0.2, 0) is 24.4 Å². The van der Waals surface area contributed by atoms with Crippen LogP contribution in [0.2, 0.25) is 0 Å². The molecule has 4 aromatic rings. The molecular weight excluding hydrogens is 458 g/mol.